The van der Waals surface area contributed by atoms with Crippen molar-refractivity contribution in [2.45, 2.75) is 70.9 Å². The first-order valence-corrected chi connectivity index (χ1v) is 7.98. The third kappa shape index (κ3) is 4.33. The van der Waals surface area contributed by atoms with E-state index in [-0.39, 0.29) is 6.67 Å². The molecule has 0 aliphatic heterocycles. The van der Waals surface area contributed by atoms with Gasteiger partial charge in [-0.25, -0.2) is 4.39 Å². The average Bonchev–Trinajstić information content (AvgIpc) is 2.48. The number of hydrogen-bond donors (Lipinski definition) is 0. The van der Waals surface area contributed by atoms with E-state index >= 15 is 0 Å². The lowest BCUT2D eigenvalue weighted by molar-refractivity contribution is 0.303. The monoisotopic (exact) mass is 262 g/mol. The maximum atomic E-state index is 12.5. The zero-order chi connectivity index (χ0) is 13.5. The fraction of sp³-hybridized carbons (Fsp3) is 0.667. The van der Waals surface area contributed by atoms with Crippen LogP contribution in [0.5, 0.6) is 0 Å². The summed E-state index contributed by atoms with van der Waals surface area (Å²) < 4.78 is 12.5. The van der Waals surface area contributed by atoms with Crippen molar-refractivity contribution in [3.05, 3.63) is 35.4 Å². The number of halogens is 1. The van der Waals surface area contributed by atoms with Crippen LogP contribution in [-0.4, -0.2) is 0 Å². The van der Waals surface area contributed by atoms with E-state index in [9.17, 15) is 4.39 Å². The van der Waals surface area contributed by atoms with Crippen LogP contribution in [0.2, 0.25) is 0 Å². The third-order valence-electron chi connectivity index (χ3n) is 4.67. The quantitative estimate of drug-likeness (QED) is 0.551. The average molecular weight is 262 g/mol. The Hall–Kier alpha value is -0.850. The maximum absolute atomic E-state index is 12.5. The van der Waals surface area contributed by atoms with E-state index in [0.717, 1.165) is 17.4 Å². The van der Waals surface area contributed by atoms with Crippen molar-refractivity contribution in [3.63, 3.8) is 0 Å². The fourth-order valence-corrected chi connectivity index (χ4v) is 3.35. The van der Waals surface area contributed by atoms with E-state index < -0.39 is 0 Å². The molecule has 1 fully saturated rings. The van der Waals surface area contributed by atoms with Crippen LogP contribution in [0.3, 0.4) is 0 Å². The molecule has 0 aromatic heterocycles. The minimum atomic E-state index is -0.343. The molecule has 0 nitrogen and oxygen atoms in total. The molecule has 1 saturated carbocycles. The zero-order valence-corrected chi connectivity index (χ0v) is 12.2. The molecular weight excluding hydrogens is 235 g/mol. The predicted octanol–water partition coefficient (Wildman–Crippen LogP) is 6.01. The lowest BCUT2D eigenvalue weighted by atomic mass is 9.77. The molecule has 0 bridgehead atoms. The number of alkyl halides is 1. The Balaban J connectivity index is 1.78. The molecule has 0 heterocycles. The van der Waals surface area contributed by atoms with Crippen molar-refractivity contribution in [3.8, 4) is 0 Å². The second-order valence-corrected chi connectivity index (χ2v) is 6.09. The van der Waals surface area contributed by atoms with Crippen molar-refractivity contribution in [1.29, 1.82) is 0 Å². The van der Waals surface area contributed by atoms with E-state index in [1.54, 1.807) is 0 Å². The molecule has 0 N–H and O–H groups in total. The summed E-state index contributed by atoms with van der Waals surface area (Å²) in [6.45, 7) is 1.93. The van der Waals surface area contributed by atoms with Crippen LogP contribution in [0.25, 0.3) is 0 Å². The number of benzene rings is 1. The summed E-state index contributed by atoms with van der Waals surface area (Å²) in [5.41, 5.74) is 2.22. The van der Waals surface area contributed by atoms with E-state index in [1.165, 1.54) is 56.9 Å². The van der Waals surface area contributed by atoms with Crippen LogP contribution in [0.15, 0.2) is 24.3 Å². The fourth-order valence-electron chi connectivity index (χ4n) is 3.35. The van der Waals surface area contributed by atoms with Gasteiger partial charge >= 0.3 is 0 Å². The molecule has 0 unspecified atom stereocenters. The molecule has 0 radical (unpaired) electrons. The van der Waals surface area contributed by atoms with Crippen molar-refractivity contribution in [2.75, 3.05) is 0 Å². The van der Waals surface area contributed by atoms with Crippen LogP contribution in [0, 0.1) is 5.92 Å². The highest BCUT2D eigenvalue weighted by molar-refractivity contribution is 5.25. The van der Waals surface area contributed by atoms with E-state index in [0.29, 0.717) is 0 Å². The van der Waals surface area contributed by atoms with Crippen LogP contribution in [0.1, 0.15) is 75.3 Å². The minimum absolute atomic E-state index is 0.343. The second kappa shape index (κ2) is 7.67. The van der Waals surface area contributed by atoms with Gasteiger partial charge in [0, 0.05) is 0 Å². The van der Waals surface area contributed by atoms with Crippen LogP contribution in [0.4, 0.5) is 4.39 Å². The van der Waals surface area contributed by atoms with Crippen molar-refractivity contribution in [1.82, 2.24) is 0 Å². The molecule has 0 spiro atoms. The van der Waals surface area contributed by atoms with Gasteiger partial charge in [0.15, 0.2) is 0 Å². The Morgan fingerprint density at radius 1 is 1.00 bits per heavy atom. The van der Waals surface area contributed by atoms with Crippen molar-refractivity contribution >= 4 is 0 Å². The van der Waals surface area contributed by atoms with Gasteiger partial charge in [-0.05, 0) is 48.6 Å². The van der Waals surface area contributed by atoms with Crippen molar-refractivity contribution < 1.29 is 4.39 Å². The molecule has 19 heavy (non-hydrogen) atoms. The third-order valence-corrected chi connectivity index (χ3v) is 4.67. The zero-order valence-electron chi connectivity index (χ0n) is 12.2. The Bertz CT molecular complexity index is 346. The molecule has 1 aliphatic carbocycles. The Morgan fingerprint density at radius 2 is 1.68 bits per heavy atom. The maximum Gasteiger partial charge on any atom is 0.115 e. The van der Waals surface area contributed by atoms with Gasteiger partial charge in [-0.15, -0.1) is 0 Å². The second-order valence-electron chi connectivity index (χ2n) is 6.09. The standard InChI is InChI=1S/C18H27F/c1-2-3-4-5-15-6-10-17(11-7-15)18-12-8-16(14-19)9-13-18/h8-9,12-13,15,17H,2-7,10-11,14H2,1H3/t15-,17-. The first kappa shape index (κ1) is 14.6. The van der Waals surface area contributed by atoms with Gasteiger partial charge in [-0.3, -0.25) is 0 Å². The summed E-state index contributed by atoms with van der Waals surface area (Å²) in [6.07, 6.45) is 11.0. The first-order chi connectivity index (χ1) is 9.33. The molecular formula is C18H27F. The molecule has 1 aliphatic rings. The van der Waals surface area contributed by atoms with Crippen LogP contribution < -0.4 is 0 Å². The van der Waals surface area contributed by atoms with Crippen LogP contribution in [-0.2, 0) is 6.67 Å². The van der Waals surface area contributed by atoms with Gasteiger partial charge in [0.1, 0.15) is 6.67 Å². The molecule has 1 heteroatoms. The SMILES string of the molecule is CCCCC[C@H]1CC[C@H](c2ccc(CF)cc2)CC1. The highest BCUT2D eigenvalue weighted by Crippen LogP contribution is 2.37. The largest absolute Gasteiger partial charge is 0.246 e. The Labute approximate surface area is 117 Å². The molecule has 0 atom stereocenters. The molecule has 106 valence electrons. The summed E-state index contributed by atoms with van der Waals surface area (Å²) in [5, 5.41) is 0. The normalized spacial score (nSPS) is 23.5. The highest BCUT2D eigenvalue weighted by Gasteiger charge is 2.21. The van der Waals surface area contributed by atoms with Gasteiger partial charge in [-0.2, -0.15) is 0 Å². The first-order valence-electron chi connectivity index (χ1n) is 7.98. The summed E-state index contributed by atoms with van der Waals surface area (Å²) in [7, 11) is 0. The van der Waals surface area contributed by atoms with Gasteiger partial charge < -0.3 is 0 Å². The van der Waals surface area contributed by atoms with Gasteiger partial charge in [0.2, 0.25) is 0 Å². The summed E-state index contributed by atoms with van der Waals surface area (Å²) in [6, 6.07) is 8.17. The number of unbranched alkanes of at least 4 members (excludes halogenated alkanes) is 2. The summed E-state index contributed by atoms with van der Waals surface area (Å²) in [5.74, 6) is 1.68. The van der Waals surface area contributed by atoms with Gasteiger partial charge in [0.25, 0.3) is 0 Å². The summed E-state index contributed by atoms with van der Waals surface area (Å²) in [4.78, 5) is 0. The van der Waals surface area contributed by atoms with Gasteiger partial charge in [-0.1, -0.05) is 56.9 Å². The highest BCUT2D eigenvalue weighted by atomic mass is 19.1. The summed E-state index contributed by atoms with van der Waals surface area (Å²) >= 11 is 0. The predicted molar refractivity (Wildman–Crippen MR) is 80.1 cm³/mol. The smallest absolute Gasteiger partial charge is 0.115 e. The van der Waals surface area contributed by atoms with E-state index in [1.807, 2.05) is 12.1 Å². The Morgan fingerprint density at radius 3 is 2.26 bits per heavy atom. The lowest BCUT2D eigenvalue weighted by Gasteiger charge is -2.29. The van der Waals surface area contributed by atoms with E-state index in [4.69, 9.17) is 0 Å². The topological polar surface area (TPSA) is 0 Å². The Kier molecular flexibility index (Phi) is 5.88. The number of rotatable bonds is 6. The van der Waals surface area contributed by atoms with Crippen LogP contribution >= 0.6 is 0 Å². The molecule has 1 aromatic rings. The lowest BCUT2D eigenvalue weighted by Crippen LogP contribution is -2.13. The molecule has 1 aromatic carbocycles. The minimum Gasteiger partial charge on any atom is -0.246 e. The molecule has 2 rings (SSSR count). The molecule has 0 amide bonds. The number of hydrogen-bond acceptors (Lipinski definition) is 0. The van der Waals surface area contributed by atoms with Gasteiger partial charge in [0.05, 0.1) is 0 Å². The van der Waals surface area contributed by atoms with Crippen molar-refractivity contribution in [2.24, 2.45) is 5.92 Å². The molecule has 0 saturated heterocycles. The van der Waals surface area contributed by atoms with E-state index in [2.05, 4.69) is 19.1 Å².